The van der Waals surface area contributed by atoms with Crippen LogP contribution >= 0.6 is 11.6 Å². The quantitative estimate of drug-likeness (QED) is 0.308. The zero-order valence-corrected chi connectivity index (χ0v) is 15.7. The summed E-state index contributed by atoms with van der Waals surface area (Å²) in [6.07, 6.45) is 1.66. The second-order valence-electron chi connectivity index (χ2n) is 6.50. The van der Waals surface area contributed by atoms with E-state index in [2.05, 4.69) is 0 Å². The predicted molar refractivity (Wildman–Crippen MR) is 110 cm³/mol. The van der Waals surface area contributed by atoms with Gasteiger partial charge in [-0.05, 0) is 46.5 Å². The number of rotatable bonds is 4. The highest BCUT2D eigenvalue weighted by molar-refractivity contribution is 6.30. The van der Waals surface area contributed by atoms with Crippen LogP contribution in [0.15, 0.2) is 54.6 Å². The molecule has 9 nitrogen and oxygen atoms in total. The number of nitro benzene ring substituents is 3. The Morgan fingerprint density at radius 1 is 0.700 bits per heavy atom. The Hall–Kier alpha value is -4.11. The van der Waals surface area contributed by atoms with Gasteiger partial charge in [-0.1, -0.05) is 23.7 Å². The molecule has 3 aromatic rings. The highest BCUT2D eigenvalue weighted by Crippen LogP contribution is 2.51. The van der Waals surface area contributed by atoms with E-state index in [0.717, 1.165) is 6.07 Å². The van der Waals surface area contributed by atoms with Crippen LogP contribution in [0.5, 0.6) is 0 Å². The first-order chi connectivity index (χ1) is 14.3. The minimum atomic E-state index is -0.710. The molecule has 0 aliphatic heterocycles. The minimum Gasteiger partial charge on any atom is -0.258 e. The number of hydrogen-bond donors (Lipinski definition) is 0. The average Bonchev–Trinajstić information content (AvgIpc) is 3.01. The van der Waals surface area contributed by atoms with E-state index in [9.17, 15) is 30.3 Å². The van der Waals surface area contributed by atoms with Gasteiger partial charge in [0.05, 0.1) is 26.4 Å². The maximum atomic E-state index is 11.7. The number of nitrogens with zero attached hydrogens (tertiary/aromatic N) is 3. The lowest BCUT2D eigenvalue weighted by Crippen LogP contribution is -1.96. The largest absolute Gasteiger partial charge is 0.284 e. The number of halogens is 1. The van der Waals surface area contributed by atoms with Crippen molar-refractivity contribution in [3.8, 4) is 11.1 Å². The van der Waals surface area contributed by atoms with Gasteiger partial charge in [0.2, 0.25) is 0 Å². The first kappa shape index (κ1) is 19.2. The van der Waals surface area contributed by atoms with Crippen LogP contribution in [0.25, 0.3) is 22.8 Å². The first-order valence-corrected chi connectivity index (χ1v) is 8.87. The molecule has 0 amide bonds. The van der Waals surface area contributed by atoms with Gasteiger partial charge in [-0.2, -0.15) is 0 Å². The van der Waals surface area contributed by atoms with Crippen molar-refractivity contribution in [3.63, 3.8) is 0 Å². The Labute approximate surface area is 173 Å². The fourth-order valence-electron chi connectivity index (χ4n) is 3.47. The van der Waals surface area contributed by atoms with Crippen LogP contribution in [0.1, 0.15) is 16.7 Å². The molecule has 148 valence electrons. The molecule has 10 heteroatoms. The van der Waals surface area contributed by atoms with Crippen molar-refractivity contribution in [2.24, 2.45) is 0 Å². The van der Waals surface area contributed by atoms with Gasteiger partial charge in [0.25, 0.3) is 17.1 Å². The van der Waals surface area contributed by atoms with Crippen molar-refractivity contribution in [2.75, 3.05) is 0 Å². The van der Waals surface area contributed by atoms with Crippen molar-refractivity contribution in [1.82, 2.24) is 0 Å². The minimum absolute atomic E-state index is 0.190. The lowest BCUT2D eigenvalue weighted by molar-refractivity contribution is -0.393. The molecule has 1 aliphatic rings. The molecule has 0 saturated carbocycles. The van der Waals surface area contributed by atoms with Crippen LogP contribution in [-0.2, 0) is 0 Å². The Morgan fingerprint density at radius 2 is 1.33 bits per heavy atom. The van der Waals surface area contributed by atoms with Crippen LogP contribution in [0.3, 0.4) is 0 Å². The Kier molecular flexibility index (Phi) is 4.52. The van der Waals surface area contributed by atoms with Gasteiger partial charge >= 0.3 is 0 Å². The molecule has 0 heterocycles. The zero-order valence-electron chi connectivity index (χ0n) is 14.9. The summed E-state index contributed by atoms with van der Waals surface area (Å²) in [4.78, 5) is 32.3. The maximum absolute atomic E-state index is 11.7. The normalized spacial score (nSPS) is 13.0. The van der Waals surface area contributed by atoms with Gasteiger partial charge < -0.3 is 0 Å². The highest BCUT2D eigenvalue weighted by atomic mass is 35.5. The second kappa shape index (κ2) is 7.05. The molecule has 0 atom stereocenters. The van der Waals surface area contributed by atoms with Crippen LogP contribution < -0.4 is 0 Å². The molecule has 1 aliphatic carbocycles. The van der Waals surface area contributed by atoms with Crippen molar-refractivity contribution >= 4 is 40.3 Å². The average molecular weight is 424 g/mol. The van der Waals surface area contributed by atoms with Crippen LogP contribution in [0.4, 0.5) is 17.1 Å². The van der Waals surface area contributed by atoms with Gasteiger partial charge in [0, 0.05) is 28.8 Å². The van der Waals surface area contributed by atoms with Crippen LogP contribution in [0.2, 0.25) is 5.02 Å². The van der Waals surface area contributed by atoms with E-state index in [4.69, 9.17) is 11.6 Å². The van der Waals surface area contributed by atoms with Gasteiger partial charge in [-0.25, -0.2) is 0 Å². The first-order valence-electron chi connectivity index (χ1n) is 8.50. The SMILES string of the molecule is O=[N+]([O-])c1ccc2c(c1)/C(=C/c1ccc(Cl)cc1)c1cc([N+](=O)[O-])cc([N+](=O)[O-])c1-2. The molecule has 3 aromatic carbocycles. The summed E-state index contributed by atoms with van der Waals surface area (Å²) in [5.74, 6) is 0. The van der Waals surface area contributed by atoms with Crippen molar-refractivity contribution in [3.05, 3.63) is 107 Å². The van der Waals surface area contributed by atoms with E-state index in [1.807, 2.05) is 0 Å². The molecular formula is C20H10ClN3O6. The molecule has 0 fully saturated rings. The molecule has 0 unspecified atom stereocenters. The van der Waals surface area contributed by atoms with Gasteiger partial charge in [0.15, 0.2) is 0 Å². The zero-order chi connectivity index (χ0) is 21.6. The standard InChI is InChI=1S/C20H10ClN3O6/c21-12-3-1-11(2-4-12)7-16-17-8-13(22(25)26)5-6-15(17)20-18(16)9-14(23(27)28)10-19(20)24(29)30/h1-10H/b16-7-. The third-order valence-electron chi connectivity index (χ3n) is 4.75. The third-order valence-corrected chi connectivity index (χ3v) is 5.01. The summed E-state index contributed by atoms with van der Waals surface area (Å²) in [5.41, 5.74) is 1.26. The van der Waals surface area contributed by atoms with E-state index >= 15 is 0 Å². The lowest BCUT2D eigenvalue weighted by atomic mass is 10.00. The number of nitro groups is 3. The van der Waals surface area contributed by atoms with E-state index in [1.165, 1.54) is 24.3 Å². The molecule has 4 rings (SSSR count). The van der Waals surface area contributed by atoms with E-state index in [0.29, 0.717) is 27.3 Å². The Morgan fingerprint density at radius 3 is 1.93 bits per heavy atom. The van der Waals surface area contributed by atoms with Gasteiger partial charge in [-0.3, -0.25) is 30.3 Å². The number of hydrogen-bond acceptors (Lipinski definition) is 6. The van der Waals surface area contributed by atoms with Crippen molar-refractivity contribution in [1.29, 1.82) is 0 Å². The molecule has 0 radical (unpaired) electrons. The molecule has 0 bridgehead atoms. The Bertz CT molecular complexity index is 1280. The van der Waals surface area contributed by atoms with Crippen LogP contribution in [-0.4, -0.2) is 14.8 Å². The fourth-order valence-corrected chi connectivity index (χ4v) is 3.60. The number of non-ortho nitro benzene ring substituents is 2. The predicted octanol–water partition coefficient (Wildman–Crippen LogP) is 5.63. The van der Waals surface area contributed by atoms with Gasteiger partial charge in [-0.15, -0.1) is 0 Å². The molecule has 30 heavy (non-hydrogen) atoms. The third kappa shape index (κ3) is 3.16. The summed E-state index contributed by atoms with van der Waals surface area (Å²) in [6.45, 7) is 0. The number of fused-ring (bicyclic) bond motifs is 3. The molecule has 0 spiro atoms. The van der Waals surface area contributed by atoms with E-state index < -0.39 is 26.1 Å². The highest BCUT2D eigenvalue weighted by Gasteiger charge is 2.34. The summed E-state index contributed by atoms with van der Waals surface area (Å²) in [6, 6.07) is 12.8. The topological polar surface area (TPSA) is 129 Å². The van der Waals surface area contributed by atoms with E-state index in [1.54, 1.807) is 30.3 Å². The monoisotopic (exact) mass is 423 g/mol. The molecule has 0 aromatic heterocycles. The summed E-state index contributed by atoms with van der Waals surface area (Å²) >= 11 is 5.91. The fraction of sp³-hybridized carbons (Fsp3) is 0. The van der Waals surface area contributed by atoms with Crippen molar-refractivity contribution < 1.29 is 14.8 Å². The van der Waals surface area contributed by atoms with Crippen LogP contribution in [0, 0.1) is 30.3 Å². The Balaban J connectivity index is 2.07. The smallest absolute Gasteiger partial charge is 0.258 e. The van der Waals surface area contributed by atoms with Crippen molar-refractivity contribution in [2.45, 2.75) is 0 Å². The molecule has 0 N–H and O–H groups in total. The second-order valence-corrected chi connectivity index (χ2v) is 6.93. The maximum Gasteiger partial charge on any atom is 0.284 e. The molecular weight excluding hydrogens is 414 g/mol. The summed E-state index contributed by atoms with van der Waals surface area (Å²) in [5, 5.41) is 34.8. The lowest BCUT2D eigenvalue weighted by Gasteiger charge is -2.04. The number of benzene rings is 3. The molecule has 0 saturated heterocycles. The summed E-state index contributed by atoms with van der Waals surface area (Å²) < 4.78 is 0. The summed E-state index contributed by atoms with van der Waals surface area (Å²) in [7, 11) is 0. The van der Waals surface area contributed by atoms with Gasteiger partial charge in [0.1, 0.15) is 0 Å². The van der Waals surface area contributed by atoms with E-state index in [-0.39, 0.29) is 16.8 Å².